The molecule has 1 heterocycles. The molecule has 0 aliphatic rings. The predicted octanol–water partition coefficient (Wildman–Crippen LogP) is 4.41. The summed E-state index contributed by atoms with van der Waals surface area (Å²) in [5.41, 5.74) is 1.57. The van der Waals surface area contributed by atoms with Crippen molar-refractivity contribution in [2.24, 2.45) is 0 Å². The molecule has 7 heteroatoms. The molecule has 0 saturated carbocycles. The molecule has 3 rings (SSSR count). The van der Waals surface area contributed by atoms with E-state index in [1.54, 1.807) is 19.2 Å². The van der Waals surface area contributed by atoms with Gasteiger partial charge < -0.3 is 4.74 Å². The van der Waals surface area contributed by atoms with Gasteiger partial charge in [-0.15, -0.1) is 11.3 Å². The number of ether oxygens (including phenoxy) is 1. The highest BCUT2D eigenvalue weighted by Gasteiger charge is 2.23. The van der Waals surface area contributed by atoms with Gasteiger partial charge in [-0.3, -0.25) is 0 Å². The summed E-state index contributed by atoms with van der Waals surface area (Å²) >= 11 is 1.29. The maximum Gasteiger partial charge on any atom is 0.280 e. The summed E-state index contributed by atoms with van der Waals surface area (Å²) in [7, 11) is 3.21. The molecule has 23 heavy (non-hydrogen) atoms. The van der Waals surface area contributed by atoms with Crippen LogP contribution in [0.25, 0.3) is 21.0 Å². The molecule has 0 unspecified atom stereocenters. The topological polar surface area (TPSA) is 56.3 Å². The van der Waals surface area contributed by atoms with E-state index in [-0.39, 0.29) is 5.03 Å². The summed E-state index contributed by atoms with van der Waals surface area (Å²) in [6, 6.07) is 16.5. The molecule has 0 aliphatic heterocycles. The molecule has 0 saturated heterocycles. The lowest BCUT2D eigenvalue weighted by Gasteiger charge is -2.00. The van der Waals surface area contributed by atoms with E-state index in [0.29, 0.717) is 9.88 Å². The maximum absolute atomic E-state index is 11.9. The van der Waals surface area contributed by atoms with Crippen LogP contribution < -0.4 is 4.74 Å². The van der Waals surface area contributed by atoms with Gasteiger partial charge in [-0.2, -0.15) is 0 Å². The second-order valence-electron chi connectivity index (χ2n) is 4.69. The lowest BCUT2D eigenvalue weighted by atomic mass is 10.2. The van der Waals surface area contributed by atoms with Crippen molar-refractivity contribution in [1.82, 2.24) is 4.98 Å². The first kappa shape index (κ1) is 16.0. The van der Waals surface area contributed by atoms with Crippen molar-refractivity contribution in [2.45, 2.75) is 5.03 Å². The molecule has 3 aromatic rings. The van der Waals surface area contributed by atoms with Crippen molar-refractivity contribution in [3.05, 3.63) is 54.6 Å². The summed E-state index contributed by atoms with van der Waals surface area (Å²) < 4.78 is 28.8. The molecule has 0 fully saturated rings. The van der Waals surface area contributed by atoms with Gasteiger partial charge in [0.25, 0.3) is 9.05 Å². The standard InChI is InChI=1S/C16H12ClNO3S2/c1-21-13-9-7-12(8-10-13)15-18-16(23(17,19)20)14(22-15)11-5-3-2-4-6-11/h2-10H,1H3. The highest BCUT2D eigenvalue weighted by Crippen LogP contribution is 2.39. The Labute approximate surface area is 142 Å². The Morgan fingerprint density at radius 1 is 1.00 bits per heavy atom. The summed E-state index contributed by atoms with van der Waals surface area (Å²) in [5, 5.41) is 0.479. The van der Waals surface area contributed by atoms with E-state index >= 15 is 0 Å². The minimum Gasteiger partial charge on any atom is -0.497 e. The fraction of sp³-hybridized carbons (Fsp3) is 0.0625. The number of hydrogen-bond donors (Lipinski definition) is 0. The summed E-state index contributed by atoms with van der Waals surface area (Å²) in [5.74, 6) is 0.721. The van der Waals surface area contributed by atoms with Crippen LogP contribution in [0.5, 0.6) is 5.75 Å². The van der Waals surface area contributed by atoms with Crippen LogP contribution >= 0.6 is 22.0 Å². The Hall–Kier alpha value is -1.89. The van der Waals surface area contributed by atoms with Crippen molar-refractivity contribution in [2.75, 3.05) is 7.11 Å². The van der Waals surface area contributed by atoms with Gasteiger partial charge in [0.05, 0.1) is 12.0 Å². The normalized spacial score (nSPS) is 11.4. The Bertz CT molecular complexity index is 920. The van der Waals surface area contributed by atoms with Gasteiger partial charge >= 0.3 is 0 Å². The highest BCUT2D eigenvalue weighted by atomic mass is 35.7. The minimum atomic E-state index is -3.93. The third kappa shape index (κ3) is 3.39. The Balaban J connectivity index is 2.15. The van der Waals surface area contributed by atoms with Crippen molar-refractivity contribution in [3.63, 3.8) is 0 Å². The van der Waals surface area contributed by atoms with Gasteiger partial charge in [-0.1, -0.05) is 30.3 Å². The van der Waals surface area contributed by atoms with Gasteiger partial charge in [0, 0.05) is 16.2 Å². The first-order valence-electron chi connectivity index (χ1n) is 6.64. The molecular formula is C16H12ClNO3S2. The summed E-state index contributed by atoms with van der Waals surface area (Å²) in [6.07, 6.45) is 0. The van der Waals surface area contributed by atoms with E-state index in [0.717, 1.165) is 16.9 Å². The van der Waals surface area contributed by atoms with Gasteiger partial charge in [0.2, 0.25) is 0 Å². The van der Waals surface area contributed by atoms with Crippen LogP contribution in [0.1, 0.15) is 0 Å². The van der Waals surface area contributed by atoms with E-state index < -0.39 is 9.05 Å². The van der Waals surface area contributed by atoms with Crippen LogP contribution in [-0.2, 0) is 9.05 Å². The molecule has 118 valence electrons. The van der Waals surface area contributed by atoms with Crippen molar-refractivity contribution < 1.29 is 13.2 Å². The van der Waals surface area contributed by atoms with E-state index in [2.05, 4.69) is 4.98 Å². The highest BCUT2D eigenvalue weighted by molar-refractivity contribution is 8.13. The molecule has 2 aromatic carbocycles. The monoisotopic (exact) mass is 365 g/mol. The number of rotatable bonds is 4. The zero-order valence-electron chi connectivity index (χ0n) is 12.1. The number of methoxy groups -OCH3 is 1. The molecule has 0 N–H and O–H groups in total. The molecule has 4 nitrogen and oxygen atoms in total. The first-order chi connectivity index (χ1) is 11.0. The molecule has 0 aliphatic carbocycles. The smallest absolute Gasteiger partial charge is 0.280 e. The molecule has 0 atom stereocenters. The van der Waals surface area contributed by atoms with E-state index in [1.165, 1.54) is 11.3 Å². The molecule has 0 spiro atoms. The number of hydrogen-bond acceptors (Lipinski definition) is 5. The van der Waals surface area contributed by atoms with Crippen LogP contribution in [-0.4, -0.2) is 20.5 Å². The number of thiazole rings is 1. The average Bonchev–Trinajstić information content (AvgIpc) is 3.01. The van der Waals surface area contributed by atoms with Gasteiger partial charge in [0.1, 0.15) is 10.8 Å². The van der Waals surface area contributed by atoms with Crippen LogP contribution in [0.3, 0.4) is 0 Å². The van der Waals surface area contributed by atoms with Crippen LogP contribution in [0.15, 0.2) is 59.6 Å². The van der Waals surface area contributed by atoms with Crippen molar-refractivity contribution in [1.29, 1.82) is 0 Å². The van der Waals surface area contributed by atoms with Crippen molar-refractivity contribution in [3.8, 4) is 26.8 Å². The molecular weight excluding hydrogens is 354 g/mol. The van der Waals surface area contributed by atoms with Gasteiger partial charge in [-0.05, 0) is 29.8 Å². The van der Waals surface area contributed by atoms with E-state index in [4.69, 9.17) is 15.4 Å². The maximum atomic E-state index is 11.9. The fourth-order valence-electron chi connectivity index (χ4n) is 2.10. The van der Waals surface area contributed by atoms with Gasteiger partial charge in [0.15, 0.2) is 5.03 Å². The van der Waals surface area contributed by atoms with Crippen LogP contribution in [0.2, 0.25) is 0 Å². The Kier molecular flexibility index (Phi) is 4.39. The number of halogens is 1. The molecule has 1 aromatic heterocycles. The number of nitrogens with zero attached hydrogens (tertiary/aromatic N) is 1. The second kappa shape index (κ2) is 6.31. The lowest BCUT2D eigenvalue weighted by Crippen LogP contribution is -1.93. The van der Waals surface area contributed by atoms with Crippen LogP contribution in [0.4, 0.5) is 0 Å². The van der Waals surface area contributed by atoms with Crippen molar-refractivity contribution >= 4 is 31.1 Å². The van der Waals surface area contributed by atoms with Crippen LogP contribution in [0, 0.1) is 0 Å². The van der Waals surface area contributed by atoms with E-state index in [1.807, 2.05) is 42.5 Å². The zero-order valence-corrected chi connectivity index (χ0v) is 14.5. The number of aromatic nitrogens is 1. The predicted molar refractivity (Wildman–Crippen MR) is 92.6 cm³/mol. The molecule has 0 amide bonds. The third-order valence-corrected chi connectivity index (χ3v) is 5.68. The fourth-order valence-corrected chi connectivity index (χ4v) is 4.60. The Morgan fingerprint density at radius 3 is 2.22 bits per heavy atom. The molecule has 0 bridgehead atoms. The summed E-state index contributed by atoms with van der Waals surface area (Å²) in [4.78, 5) is 4.78. The van der Waals surface area contributed by atoms with Gasteiger partial charge in [-0.25, -0.2) is 13.4 Å². The zero-order chi connectivity index (χ0) is 16.4. The van der Waals surface area contributed by atoms with E-state index in [9.17, 15) is 8.42 Å². The SMILES string of the molecule is COc1ccc(-c2nc(S(=O)(=O)Cl)c(-c3ccccc3)s2)cc1. The minimum absolute atomic E-state index is 0.110. The first-order valence-corrected chi connectivity index (χ1v) is 9.77. The Morgan fingerprint density at radius 2 is 1.65 bits per heavy atom. The molecule has 0 radical (unpaired) electrons. The number of benzene rings is 2. The second-order valence-corrected chi connectivity index (χ2v) is 8.17. The quantitative estimate of drug-likeness (QED) is 0.642. The third-order valence-electron chi connectivity index (χ3n) is 3.20. The average molecular weight is 366 g/mol. The lowest BCUT2D eigenvalue weighted by molar-refractivity contribution is 0.415. The summed E-state index contributed by atoms with van der Waals surface area (Å²) in [6.45, 7) is 0. The largest absolute Gasteiger partial charge is 0.497 e.